The summed E-state index contributed by atoms with van der Waals surface area (Å²) >= 11 is 0. The van der Waals surface area contributed by atoms with Crippen molar-refractivity contribution in [2.24, 2.45) is 0 Å². The van der Waals surface area contributed by atoms with Crippen LogP contribution in [0.15, 0.2) is 55.1 Å². The van der Waals surface area contributed by atoms with Gasteiger partial charge >= 0.3 is 5.97 Å². The molecule has 4 heterocycles. The Kier molecular flexibility index (Phi) is 10.2. The van der Waals surface area contributed by atoms with Crippen molar-refractivity contribution in [1.82, 2.24) is 19.9 Å². The minimum absolute atomic E-state index is 0.344. The van der Waals surface area contributed by atoms with E-state index in [1.807, 2.05) is 0 Å². The van der Waals surface area contributed by atoms with Gasteiger partial charge in [-0.1, -0.05) is 6.07 Å². The molecule has 1 atom stereocenters. The summed E-state index contributed by atoms with van der Waals surface area (Å²) in [5, 5.41) is 16.2. The molecule has 0 bridgehead atoms. The van der Waals surface area contributed by atoms with Crippen LogP contribution in [-0.4, -0.2) is 69.8 Å². The van der Waals surface area contributed by atoms with Crippen molar-refractivity contribution < 1.29 is 19.0 Å². The highest BCUT2D eigenvalue weighted by atomic mass is 19.1. The van der Waals surface area contributed by atoms with Crippen molar-refractivity contribution in [2.75, 3.05) is 43.4 Å². The predicted octanol–water partition coefficient (Wildman–Crippen LogP) is 4.03. The standard InChI is InChI=1S/C28H35FN6O3/c29-22-17-25(20-31-18-22)38-16-15-35(14-10-26(28(36)37)33-24-7-4-11-30-19-24)13-2-1-6-23-9-8-21-5-3-12-32-27(21)34-23/h4,7-9,11,17-20,26,33H,1-3,5-6,10,12-16H2,(H,32,34)(H,36,37). The number of ether oxygens (including phenoxy) is 1. The van der Waals surface area contributed by atoms with Crippen LogP contribution in [0.4, 0.5) is 15.9 Å². The number of carboxylic acid groups (broad SMARTS) is 1. The van der Waals surface area contributed by atoms with Crippen molar-refractivity contribution >= 4 is 17.5 Å². The van der Waals surface area contributed by atoms with Crippen LogP contribution in [0.5, 0.6) is 5.75 Å². The van der Waals surface area contributed by atoms with Gasteiger partial charge in [0.05, 0.1) is 18.1 Å². The number of carbonyl (C=O) groups is 1. The number of aromatic nitrogens is 3. The van der Waals surface area contributed by atoms with E-state index in [9.17, 15) is 14.3 Å². The fourth-order valence-corrected chi connectivity index (χ4v) is 4.47. The van der Waals surface area contributed by atoms with Gasteiger partial charge in [0, 0.05) is 43.8 Å². The highest BCUT2D eigenvalue weighted by Gasteiger charge is 2.19. The molecule has 1 aliphatic rings. The lowest BCUT2D eigenvalue weighted by Gasteiger charge is -2.25. The molecule has 9 nitrogen and oxygen atoms in total. The van der Waals surface area contributed by atoms with Crippen LogP contribution in [0, 0.1) is 5.82 Å². The SMILES string of the molecule is O=C(O)C(CCN(CCCCc1ccc2c(n1)NCCC2)CCOc1cncc(F)c1)Nc1cccnc1. The largest absolute Gasteiger partial charge is 0.491 e. The summed E-state index contributed by atoms with van der Waals surface area (Å²) in [6.07, 6.45) is 11.3. The van der Waals surface area contributed by atoms with Gasteiger partial charge in [0.15, 0.2) is 0 Å². The molecule has 0 aromatic carbocycles. The lowest BCUT2D eigenvalue weighted by atomic mass is 10.1. The van der Waals surface area contributed by atoms with Crippen LogP contribution in [-0.2, 0) is 17.6 Å². The molecule has 0 radical (unpaired) electrons. The Morgan fingerprint density at radius 3 is 2.89 bits per heavy atom. The minimum Gasteiger partial charge on any atom is -0.491 e. The van der Waals surface area contributed by atoms with E-state index in [1.165, 1.54) is 17.8 Å². The Bertz CT molecular complexity index is 1170. The molecule has 202 valence electrons. The number of pyridine rings is 3. The fourth-order valence-electron chi connectivity index (χ4n) is 4.47. The van der Waals surface area contributed by atoms with E-state index >= 15 is 0 Å². The van der Waals surface area contributed by atoms with Crippen molar-refractivity contribution in [3.63, 3.8) is 0 Å². The summed E-state index contributed by atoms with van der Waals surface area (Å²) in [7, 11) is 0. The monoisotopic (exact) mass is 522 g/mol. The van der Waals surface area contributed by atoms with Crippen LogP contribution in [0.25, 0.3) is 0 Å². The Morgan fingerprint density at radius 1 is 1.16 bits per heavy atom. The summed E-state index contributed by atoms with van der Waals surface area (Å²) in [5.41, 5.74) is 3.03. The van der Waals surface area contributed by atoms with E-state index in [0.717, 1.165) is 62.9 Å². The first-order valence-electron chi connectivity index (χ1n) is 13.1. The maximum atomic E-state index is 13.4. The zero-order valence-corrected chi connectivity index (χ0v) is 21.5. The maximum absolute atomic E-state index is 13.4. The second-order valence-electron chi connectivity index (χ2n) is 9.39. The third kappa shape index (κ3) is 8.65. The molecule has 1 unspecified atom stereocenters. The van der Waals surface area contributed by atoms with Crippen molar-refractivity contribution in [2.45, 2.75) is 44.6 Å². The summed E-state index contributed by atoms with van der Waals surface area (Å²) in [6, 6.07) is 8.41. The predicted molar refractivity (Wildman–Crippen MR) is 144 cm³/mol. The number of rotatable bonds is 15. The normalized spacial score (nSPS) is 13.4. The van der Waals surface area contributed by atoms with Crippen LogP contribution in [0.1, 0.15) is 36.9 Å². The molecule has 0 saturated carbocycles. The lowest BCUT2D eigenvalue weighted by Crippen LogP contribution is -2.37. The number of nitrogens with one attached hydrogen (secondary N) is 2. The molecule has 38 heavy (non-hydrogen) atoms. The molecule has 3 aromatic rings. The van der Waals surface area contributed by atoms with Gasteiger partial charge in [-0.15, -0.1) is 0 Å². The van der Waals surface area contributed by atoms with E-state index in [-0.39, 0.29) is 0 Å². The van der Waals surface area contributed by atoms with Gasteiger partial charge in [0.1, 0.15) is 30.0 Å². The van der Waals surface area contributed by atoms with Crippen molar-refractivity contribution in [3.05, 3.63) is 72.2 Å². The number of aliphatic carboxylic acids is 1. The van der Waals surface area contributed by atoms with Gasteiger partial charge in [-0.05, 0) is 68.8 Å². The number of nitrogens with zero attached hydrogens (tertiary/aromatic N) is 4. The Labute approximate surface area is 222 Å². The Balaban J connectivity index is 1.29. The van der Waals surface area contributed by atoms with Crippen LogP contribution < -0.4 is 15.4 Å². The van der Waals surface area contributed by atoms with Crippen molar-refractivity contribution in [1.29, 1.82) is 0 Å². The third-order valence-corrected chi connectivity index (χ3v) is 6.50. The number of hydrogen-bond acceptors (Lipinski definition) is 8. The molecule has 0 amide bonds. The summed E-state index contributed by atoms with van der Waals surface area (Å²) in [5.74, 6) is 0.0259. The van der Waals surface area contributed by atoms with E-state index in [1.54, 1.807) is 24.5 Å². The topological polar surface area (TPSA) is 112 Å². The summed E-state index contributed by atoms with van der Waals surface area (Å²) in [6.45, 7) is 3.25. The summed E-state index contributed by atoms with van der Waals surface area (Å²) in [4.78, 5) is 26.7. The molecule has 10 heteroatoms. The molecule has 0 spiro atoms. The number of aryl methyl sites for hydroxylation is 2. The van der Waals surface area contributed by atoms with Gasteiger partial charge < -0.3 is 20.5 Å². The third-order valence-electron chi connectivity index (χ3n) is 6.50. The first-order chi connectivity index (χ1) is 18.6. The Hall–Kier alpha value is -3.79. The van der Waals surface area contributed by atoms with Crippen LogP contribution in [0.3, 0.4) is 0 Å². The van der Waals surface area contributed by atoms with Crippen molar-refractivity contribution in [3.8, 4) is 5.75 Å². The van der Waals surface area contributed by atoms with Gasteiger partial charge in [0.2, 0.25) is 0 Å². The van der Waals surface area contributed by atoms with Gasteiger partial charge in [-0.3, -0.25) is 14.9 Å². The molecule has 3 N–H and O–H groups in total. The number of anilines is 2. The highest BCUT2D eigenvalue weighted by molar-refractivity contribution is 5.77. The quantitative estimate of drug-likeness (QED) is 0.255. The first kappa shape index (κ1) is 27.3. The van der Waals surface area contributed by atoms with Crippen LogP contribution >= 0.6 is 0 Å². The second kappa shape index (κ2) is 14.2. The highest BCUT2D eigenvalue weighted by Crippen LogP contribution is 2.20. The number of unbranched alkanes of at least 4 members (excludes halogenated alkanes) is 1. The Morgan fingerprint density at radius 2 is 2.08 bits per heavy atom. The minimum atomic E-state index is -0.914. The smallest absolute Gasteiger partial charge is 0.326 e. The zero-order valence-electron chi connectivity index (χ0n) is 21.5. The van der Waals surface area contributed by atoms with E-state index < -0.39 is 17.8 Å². The van der Waals surface area contributed by atoms with Crippen LogP contribution in [0.2, 0.25) is 0 Å². The number of hydrogen-bond donors (Lipinski definition) is 3. The average Bonchev–Trinajstić information content (AvgIpc) is 2.93. The molecule has 4 rings (SSSR count). The molecule has 0 aliphatic carbocycles. The number of carboxylic acids is 1. The fraction of sp³-hybridized carbons (Fsp3) is 0.429. The molecular formula is C28H35FN6O3. The second-order valence-corrected chi connectivity index (χ2v) is 9.39. The molecule has 1 aliphatic heterocycles. The van der Waals surface area contributed by atoms with E-state index in [2.05, 4.69) is 37.6 Å². The van der Waals surface area contributed by atoms with Gasteiger partial charge in [0.25, 0.3) is 0 Å². The molecular weight excluding hydrogens is 487 g/mol. The van der Waals surface area contributed by atoms with Gasteiger partial charge in [-0.2, -0.15) is 0 Å². The van der Waals surface area contributed by atoms with Gasteiger partial charge in [-0.25, -0.2) is 14.2 Å². The van der Waals surface area contributed by atoms with E-state index in [0.29, 0.717) is 37.6 Å². The summed E-state index contributed by atoms with van der Waals surface area (Å²) < 4.78 is 19.1. The lowest BCUT2D eigenvalue weighted by molar-refractivity contribution is -0.138. The number of fused-ring (bicyclic) bond motifs is 1. The molecule has 0 fully saturated rings. The molecule has 0 saturated heterocycles. The van der Waals surface area contributed by atoms with E-state index in [4.69, 9.17) is 9.72 Å². The molecule has 3 aromatic heterocycles. The average molecular weight is 523 g/mol. The zero-order chi connectivity index (χ0) is 26.6. The first-order valence-corrected chi connectivity index (χ1v) is 13.1. The maximum Gasteiger partial charge on any atom is 0.326 e. The number of halogens is 1.